The number of rotatable bonds is 6. The van der Waals surface area contributed by atoms with Crippen LogP contribution in [-0.2, 0) is 10.0 Å². The van der Waals surface area contributed by atoms with Gasteiger partial charge >= 0.3 is 6.03 Å². The molecule has 0 heterocycles. The van der Waals surface area contributed by atoms with Crippen molar-refractivity contribution < 1.29 is 13.2 Å². The van der Waals surface area contributed by atoms with E-state index in [-0.39, 0.29) is 22.9 Å². The smallest absolute Gasteiger partial charge is 0.315 e. The summed E-state index contributed by atoms with van der Waals surface area (Å²) in [6, 6.07) is 0.0940. The standard InChI is InChI=1S/C16H31N3O3S/c1-15(2)12-7-8-16(15,3)13(11-12)18-14(20)17-9-6-10-19(4)23(5,21)22/h12-13H,6-11H2,1-5H3,(H2,17,18,20)/t12-,13+,16-/m1/s1. The number of carbonyl (C=O) groups excluding carboxylic acids is 1. The summed E-state index contributed by atoms with van der Waals surface area (Å²) in [4.78, 5) is 12.1. The number of urea groups is 1. The monoisotopic (exact) mass is 345 g/mol. The fraction of sp³-hybridized carbons (Fsp3) is 0.938. The maximum Gasteiger partial charge on any atom is 0.315 e. The molecule has 2 amide bonds. The summed E-state index contributed by atoms with van der Waals surface area (Å²) in [6.45, 7) is 7.83. The Hall–Kier alpha value is -0.820. The van der Waals surface area contributed by atoms with Gasteiger partial charge < -0.3 is 10.6 Å². The number of fused-ring (bicyclic) bond motifs is 2. The van der Waals surface area contributed by atoms with Crippen molar-refractivity contribution in [3.05, 3.63) is 0 Å². The number of nitrogens with one attached hydrogen (secondary N) is 2. The first kappa shape index (κ1) is 18.5. The number of nitrogens with zero attached hydrogens (tertiary/aromatic N) is 1. The van der Waals surface area contributed by atoms with Gasteiger partial charge in [-0.05, 0) is 42.4 Å². The quantitative estimate of drug-likeness (QED) is 0.720. The molecule has 2 fully saturated rings. The van der Waals surface area contributed by atoms with E-state index in [9.17, 15) is 13.2 Å². The minimum atomic E-state index is -3.14. The van der Waals surface area contributed by atoms with E-state index in [1.165, 1.54) is 23.4 Å². The van der Waals surface area contributed by atoms with Crippen LogP contribution >= 0.6 is 0 Å². The van der Waals surface area contributed by atoms with Gasteiger partial charge in [-0.25, -0.2) is 17.5 Å². The van der Waals surface area contributed by atoms with Crippen LogP contribution in [0.25, 0.3) is 0 Å². The number of sulfonamides is 1. The van der Waals surface area contributed by atoms with Gasteiger partial charge in [-0.15, -0.1) is 0 Å². The molecule has 3 atom stereocenters. The minimum absolute atomic E-state index is 0.137. The van der Waals surface area contributed by atoms with Crippen LogP contribution in [0.3, 0.4) is 0 Å². The molecule has 6 nitrogen and oxygen atoms in total. The van der Waals surface area contributed by atoms with Crippen molar-refractivity contribution in [2.45, 2.75) is 52.5 Å². The number of hydrogen-bond donors (Lipinski definition) is 2. The van der Waals surface area contributed by atoms with E-state index in [1.54, 1.807) is 7.05 Å². The second-order valence-electron chi connectivity index (χ2n) is 8.00. The van der Waals surface area contributed by atoms with Crippen LogP contribution in [0.2, 0.25) is 0 Å². The molecule has 134 valence electrons. The van der Waals surface area contributed by atoms with E-state index < -0.39 is 10.0 Å². The van der Waals surface area contributed by atoms with Crippen molar-refractivity contribution in [2.24, 2.45) is 16.7 Å². The van der Waals surface area contributed by atoms with Crippen molar-refractivity contribution in [1.29, 1.82) is 0 Å². The van der Waals surface area contributed by atoms with Gasteiger partial charge in [0.05, 0.1) is 6.26 Å². The minimum Gasteiger partial charge on any atom is -0.338 e. The predicted molar refractivity (Wildman–Crippen MR) is 91.6 cm³/mol. The number of carbonyl (C=O) groups is 1. The summed E-state index contributed by atoms with van der Waals surface area (Å²) < 4.78 is 23.9. The molecule has 2 aliphatic rings. The van der Waals surface area contributed by atoms with Gasteiger partial charge in [-0.1, -0.05) is 20.8 Å². The molecule has 0 aromatic rings. The zero-order chi connectivity index (χ0) is 17.5. The van der Waals surface area contributed by atoms with Crippen molar-refractivity contribution >= 4 is 16.1 Å². The first-order valence-corrected chi connectivity index (χ1v) is 10.3. The van der Waals surface area contributed by atoms with E-state index in [2.05, 4.69) is 31.4 Å². The van der Waals surface area contributed by atoms with Crippen LogP contribution in [0.4, 0.5) is 4.79 Å². The lowest BCUT2D eigenvalue weighted by Crippen LogP contribution is -2.50. The Kier molecular flexibility index (Phi) is 5.02. The molecule has 2 saturated carbocycles. The largest absolute Gasteiger partial charge is 0.338 e. The molecule has 2 N–H and O–H groups in total. The van der Waals surface area contributed by atoms with E-state index >= 15 is 0 Å². The molecular formula is C16H31N3O3S. The normalized spacial score (nSPS) is 32.3. The Labute approximate surface area is 140 Å². The third-order valence-electron chi connectivity index (χ3n) is 6.60. The van der Waals surface area contributed by atoms with Gasteiger partial charge in [0.15, 0.2) is 0 Å². The fourth-order valence-electron chi connectivity index (χ4n) is 4.30. The van der Waals surface area contributed by atoms with Crippen molar-refractivity contribution in [3.8, 4) is 0 Å². The van der Waals surface area contributed by atoms with E-state index in [0.717, 1.165) is 6.42 Å². The second kappa shape index (κ2) is 6.24. The van der Waals surface area contributed by atoms with Gasteiger partial charge in [0.1, 0.15) is 0 Å². The Bertz CT molecular complexity index is 561. The Morgan fingerprint density at radius 1 is 1.30 bits per heavy atom. The summed E-state index contributed by atoms with van der Waals surface area (Å²) in [7, 11) is -1.59. The maximum atomic E-state index is 12.1. The van der Waals surface area contributed by atoms with Gasteiger partial charge in [0, 0.05) is 26.2 Å². The van der Waals surface area contributed by atoms with Crippen LogP contribution in [0.1, 0.15) is 46.5 Å². The highest BCUT2D eigenvalue weighted by Crippen LogP contribution is 2.65. The van der Waals surface area contributed by atoms with Gasteiger partial charge in [0.2, 0.25) is 10.0 Å². The summed E-state index contributed by atoms with van der Waals surface area (Å²) in [6.07, 6.45) is 5.29. The topological polar surface area (TPSA) is 78.5 Å². The molecule has 0 unspecified atom stereocenters. The van der Waals surface area contributed by atoms with Crippen LogP contribution in [0.15, 0.2) is 0 Å². The van der Waals surface area contributed by atoms with Crippen LogP contribution in [-0.4, -0.2) is 51.2 Å². The maximum absolute atomic E-state index is 12.1. The SMILES string of the molecule is CN(CCCNC(=O)N[C@H]1C[C@H]2CC[C@@]1(C)C2(C)C)S(C)(=O)=O. The highest BCUT2D eigenvalue weighted by atomic mass is 32.2. The van der Waals surface area contributed by atoms with Crippen molar-refractivity contribution in [1.82, 2.24) is 14.9 Å². The zero-order valence-corrected chi connectivity index (χ0v) is 15.8. The van der Waals surface area contributed by atoms with Gasteiger partial charge in [0.25, 0.3) is 0 Å². The molecule has 0 aromatic carbocycles. The summed E-state index contributed by atoms with van der Waals surface area (Å²) >= 11 is 0. The Balaban J connectivity index is 1.75. The lowest BCUT2D eigenvalue weighted by atomic mass is 9.69. The molecule has 2 aliphatic carbocycles. The van der Waals surface area contributed by atoms with E-state index in [1.807, 2.05) is 0 Å². The second-order valence-corrected chi connectivity index (χ2v) is 10.1. The Morgan fingerprint density at radius 2 is 1.96 bits per heavy atom. The first-order valence-electron chi connectivity index (χ1n) is 8.44. The summed E-state index contributed by atoms with van der Waals surface area (Å²) in [5.74, 6) is 0.696. The van der Waals surface area contributed by atoms with Gasteiger partial charge in [-0.3, -0.25) is 0 Å². The predicted octanol–water partition coefficient (Wildman–Crippen LogP) is 1.78. The highest BCUT2D eigenvalue weighted by molar-refractivity contribution is 7.88. The molecule has 0 aromatic heterocycles. The van der Waals surface area contributed by atoms with Gasteiger partial charge in [-0.2, -0.15) is 0 Å². The summed E-state index contributed by atoms with van der Waals surface area (Å²) in [5.41, 5.74) is 0.453. The molecule has 7 heteroatoms. The average Bonchev–Trinajstić information content (AvgIpc) is 2.75. The van der Waals surface area contributed by atoms with E-state index in [4.69, 9.17) is 0 Å². The molecule has 2 bridgehead atoms. The third-order valence-corrected chi connectivity index (χ3v) is 7.92. The van der Waals surface area contributed by atoms with Crippen LogP contribution in [0.5, 0.6) is 0 Å². The molecule has 0 radical (unpaired) electrons. The highest BCUT2D eigenvalue weighted by Gasteiger charge is 2.61. The fourth-order valence-corrected chi connectivity index (χ4v) is 4.76. The zero-order valence-electron chi connectivity index (χ0n) is 15.0. The Morgan fingerprint density at radius 3 is 2.43 bits per heavy atom. The lowest BCUT2D eigenvalue weighted by Gasteiger charge is -2.39. The van der Waals surface area contributed by atoms with Crippen molar-refractivity contribution in [2.75, 3.05) is 26.4 Å². The number of hydrogen-bond acceptors (Lipinski definition) is 3. The molecule has 0 spiro atoms. The van der Waals surface area contributed by atoms with Crippen LogP contribution < -0.4 is 10.6 Å². The third kappa shape index (κ3) is 3.50. The summed E-state index contributed by atoms with van der Waals surface area (Å²) in [5, 5.41) is 5.99. The van der Waals surface area contributed by atoms with E-state index in [0.29, 0.717) is 25.4 Å². The van der Waals surface area contributed by atoms with Crippen LogP contribution in [0, 0.1) is 16.7 Å². The number of amides is 2. The molecule has 0 saturated heterocycles. The molecule has 2 rings (SSSR count). The lowest BCUT2D eigenvalue weighted by molar-refractivity contribution is 0.123. The molecule has 23 heavy (non-hydrogen) atoms. The molecule has 0 aliphatic heterocycles. The molecular weight excluding hydrogens is 314 g/mol. The first-order chi connectivity index (χ1) is 10.5. The average molecular weight is 346 g/mol. The van der Waals surface area contributed by atoms with Crippen molar-refractivity contribution in [3.63, 3.8) is 0 Å².